The summed E-state index contributed by atoms with van der Waals surface area (Å²) in [6, 6.07) is 2.60. The summed E-state index contributed by atoms with van der Waals surface area (Å²) >= 11 is 0. The molecule has 1 aromatic rings. The average molecular weight is 263 g/mol. The highest BCUT2D eigenvalue weighted by Crippen LogP contribution is 2.40. The van der Waals surface area contributed by atoms with Gasteiger partial charge in [-0.3, -0.25) is 4.79 Å². The summed E-state index contributed by atoms with van der Waals surface area (Å²) < 4.78 is 5.13. The van der Waals surface area contributed by atoms with Crippen LogP contribution in [-0.2, 0) is 4.79 Å². The second kappa shape index (κ2) is 4.72. The number of nitrogens with zero attached hydrogens (tertiary/aromatic N) is 1. The van der Waals surface area contributed by atoms with Crippen LogP contribution in [-0.4, -0.2) is 34.0 Å². The normalized spacial score (nSPS) is 30.1. The Morgan fingerprint density at radius 1 is 1.32 bits per heavy atom. The third-order valence-corrected chi connectivity index (χ3v) is 4.34. The lowest BCUT2D eigenvalue weighted by Gasteiger charge is -2.32. The van der Waals surface area contributed by atoms with Crippen LogP contribution in [0.25, 0.3) is 0 Å². The smallest absolute Gasteiger partial charge is 0.326 e. The van der Waals surface area contributed by atoms with Crippen molar-refractivity contribution in [3.8, 4) is 0 Å². The molecule has 0 aromatic carbocycles. The Morgan fingerprint density at radius 2 is 2.11 bits per heavy atom. The van der Waals surface area contributed by atoms with Gasteiger partial charge in [0.15, 0.2) is 5.76 Å². The molecule has 1 aromatic heterocycles. The highest BCUT2D eigenvalue weighted by Gasteiger charge is 2.48. The van der Waals surface area contributed by atoms with Crippen LogP contribution < -0.4 is 0 Å². The van der Waals surface area contributed by atoms with E-state index in [1.165, 1.54) is 6.26 Å². The first kappa shape index (κ1) is 12.3. The van der Waals surface area contributed by atoms with E-state index in [1.807, 2.05) is 0 Å². The number of hydrogen-bond donors (Lipinski definition) is 1. The van der Waals surface area contributed by atoms with Crippen LogP contribution in [0.1, 0.15) is 42.7 Å². The van der Waals surface area contributed by atoms with Gasteiger partial charge >= 0.3 is 5.97 Å². The minimum atomic E-state index is -0.908. The minimum absolute atomic E-state index is 0.0625. The van der Waals surface area contributed by atoms with Crippen molar-refractivity contribution in [3.05, 3.63) is 24.2 Å². The number of carboxylic acid groups (broad SMARTS) is 1. The summed E-state index contributed by atoms with van der Waals surface area (Å²) in [5.41, 5.74) is 0. The molecule has 2 fully saturated rings. The fourth-order valence-corrected chi connectivity index (χ4v) is 3.50. The van der Waals surface area contributed by atoms with Gasteiger partial charge in [-0.05, 0) is 37.3 Å². The summed E-state index contributed by atoms with van der Waals surface area (Å²) in [5.74, 6) is -0.632. The maximum absolute atomic E-state index is 12.4. The van der Waals surface area contributed by atoms with E-state index in [2.05, 4.69) is 0 Å². The number of carbonyl (C=O) groups excluding carboxylic acids is 1. The zero-order valence-corrected chi connectivity index (χ0v) is 10.6. The molecule has 3 rings (SSSR count). The number of carboxylic acids is 1. The second-order valence-electron chi connectivity index (χ2n) is 5.39. The lowest BCUT2D eigenvalue weighted by atomic mass is 9.84. The van der Waals surface area contributed by atoms with Crippen LogP contribution in [0.2, 0.25) is 0 Å². The summed E-state index contributed by atoms with van der Waals surface area (Å²) in [6.07, 6.45) is 6.15. The SMILES string of the molecule is O=C(O)[C@@H]1C[C@@H]2CCCC[C@H]2N1C(=O)c1ccco1. The number of furan rings is 1. The maximum atomic E-state index is 12.4. The molecule has 2 heterocycles. The van der Waals surface area contributed by atoms with Gasteiger partial charge in [-0.1, -0.05) is 12.8 Å². The molecular formula is C14H17NO4. The topological polar surface area (TPSA) is 70.8 Å². The van der Waals surface area contributed by atoms with Crippen LogP contribution in [0.3, 0.4) is 0 Å². The van der Waals surface area contributed by atoms with Gasteiger partial charge < -0.3 is 14.4 Å². The van der Waals surface area contributed by atoms with Gasteiger partial charge in [0, 0.05) is 6.04 Å². The van der Waals surface area contributed by atoms with Crippen molar-refractivity contribution in [1.82, 2.24) is 4.90 Å². The second-order valence-corrected chi connectivity index (χ2v) is 5.39. The van der Waals surface area contributed by atoms with Crippen molar-refractivity contribution < 1.29 is 19.1 Å². The van der Waals surface area contributed by atoms with E-state index in [4.69, 9.17) is 4.42 Å². The van der Waals surface area contributed by atoms with Crippen molar-refractivity contribution in [3.63, 3.8) is 0 Å². The molecule has 19 heavy (non-hydrogen) atoms. The van der Waals surface area contributed by atoms with Crippen LogP contribution in [0.5, 0.6) is 0 Å². The number of likely N-dealkylation sites (tertiary alicyclic amines) is 1. The molecule has 1 aliphatic heterocycles. The Bertz CT molecular complexity index is 482. The lowest BCUT2D eigenvalue weighted by molar-refractivity contribution is -0.141. The van der Waals surface area contributed by atoms with Gasteiger partial charge in [0.1, 0.15) is 6.04 Å². The number of amides is 1. The zero-order valence-electron chi connectivity index (χ0n) is 10.6. The Kier molecular flexibility index (Phi) is 3.05. The van der Waals surface area contributed by atoms with Crippen LogP contribution in [0.4, 0.5) is 0 Å². The maximum Gasteiger partial charge on any atom is 0.326 e. The largest absolute Gasteiger partial charge is 0.480 e. The molecule has 1 saturated carbocycles. The molecule has 1 aliphatic carbocycles. The molecule has 0 spiro atoms. The Morgan fingerprint density at radius 3 is 2.79 bits per heavy atom. The Hall–Kier alpha value is -1.78. The summed E-state index contributed by atoms with van der Waals surface area (Å²) in [7, 11) is 0. The van der Waals surface area contributed by atoms with E-state index < -0.39 is 12.0 Å². The minimum Gasteiger partial charge on any atom is -0.480 e. The van der Waals surface area contributed by atoms with Crippen LogP contribution >= 0.6 is 0 Å². The van der Waals surface area contributed by atoms with Crippen molar-refractivity contribution >= 4 is 11.9 Å². The van der Waals surface area contributed by atoms with Crippen molar-refractivity contribution in [1.29, 1.82) is 0 Å². The molecule has 2 aliphatic rings. The predicted octanol–water partition coefficient (Wildman–Crippen LogP) is 2.14. The van der Waals surface area contributed by atoms with E-state index in [0.29, 0.717) is 12.3 Å². The summed E-state index contributed by atoms with van der Waals surface area (Å²) in [4.78, 5) is 25.4. The van der Waals surface area contributed by atoms with Crippen LogP contribution in [0.15, 0.2) is 22.8 Å². The third-order valence-electron chi connectivity index (χ3n) is 4.34. The first-order valence-corrected chi connectivity index (χ1v) is 6.77. The Balaban J connectivity index is 1.90. The standard InChI is InChI=1S/C14H17NO4/c16-13(12-6-3-7-19-12)15-10-5-2-1-4-9(10)8-11(15)14(17)18/h3,6-7,9-11H,1-2,4-5,8H2,(H,17,18)/t9-,10+,11-/m0/s1. The molecule has 0 bridgehead atoms. The number of fused-ring (bicyclic) bond motifs is 1. The first-order valence-electron chi connectivity index (χ1n) is 6.77. The van der Waals surface area contributed by atoms with Gasteiger partial charge in [0.25, 0.3) is 5.91 Å². The average Bonchev–Trinajstić information content (AvgIpc) is 3.05. The highest BCUT2D eigenvalue weighted by atomic mass is 16.4. The van der Waals surface area contributed by atoms with Crippen molar-refractivity contribution in [2.24, 2.45) is 5.92 Å². The molecule has 3 atom stereocenters. The zero-order chi connectivity index (χ0) is 13.4. The van der Waals surface area contributed by atoms with E-state index in [1.54, 1.807) is 17.0 Å². The van der Waals surface area contributed by atoms with Crippen molar-refractivity contribution in [2.75, 3.05) is 0 Å². The summed E-state index contributed by atoms with van der Waals surface area (Å²) in [6.45, 7) is 0. The number of aliphatic carboxylic acids is 1. The fourth-order valence-electron chi connectivity index (χ4n) is 3.50. The molecule has 1 amide bonds. The summed E-state index contributed by atoms with van der Waals surface area (Å²) in [5, 5.41) is 9.35. The molecule has 1 saturated heterocycles. The van der Waals surface area contributed by atoms with Gasteiger partial charge in [-0.25, -0.2) is 4.79 Å². The third kappa shape index (κ3) is 2.03. The van der Waals surface area contributed by atoms with Gasteiger partial charge in [-0.15, -0.1) is 0 Å². The molecule has 5 nitrogen and oxygen atoms in total. The quantitative estimate of drug-likeness (QED) is 0.887. The number of hydrogen-bond acceptors (Lipinski definition) is 3. The Labute approximate surface area is 111 Å². The predicted molar refractivity (Wildman–Crippen MR) is 66.7 cm³/mol. The molecular weight excluding hydrogens is 246 g/mol. The molecule has 102 valence electrons. The number of rotatable bonds is 2. The van der Waals surface area contributed by atoms with E-state index in [-0.39, 0.29) is 17.7 Å². The van der Waals surface area contributed by atoms with Gasteiger partial charge in [0.05, 0.1) is 6.26 Å². The highest BCUT2D eigenvalue weighted by molar-refractivity contribution is 5.95. The molecule has 5 heteroatoms. The van der Waals surface area contributed by atoms with E-state index in [9.17, 15) is 14.7 Å². The first-order chi connectivity index (χ1) is 9.18. The van der Waals surface area contributed by atoms with Gasteiger partial charge in [0.2, 0.25) is 0 Å². The lowest BCUT2D eigenvalue weighted by Crippen LogP contribution is -2.46. The molecule has 1 N–H and O–H groups in total. The van der Waals surface area contributed by atoms with Gasteiger partial charge in [-0.2, -0.15) is 0 Å². The molecule has 0 radical (unpaired) electrons. The van der Waals surface area contributed by atoms with Crippen LogP contribution in [0, 0.1) is 5.92 Å². The van der Waals surface area contributed by atoms with E-state index >= 15 is 0 Å². The monoisotopic (exact) mass is 263 g/mol. The number of carbonyl (C=O) groups is 2. The van der Waals surface area contributed by atoms with E-state index in [0.717, 1.165) is 25.7 Å². The fraction of sp³-hybridized carbons (Fsp3) is 0.571. The molecule has 0 unspecified atom stereocenters. The van der Waals surface area contributed by atoms with Crippen molar-refractivity contribution in [2.45, 2.75) is 44.2 Å².